The van der Waals surface area contributed by atoms with Crippen LogP contribution in [-0.4, -0.2) is 44.6 Å². The Kier molecular flexibility index (Phi) is 9.24. The summed E-state index contributed by atoms with van der Waals surface area (Å²) in [6.45, 7) is 1.54. The molecule has 1 aromatic rings. The van der Waals surface area contributed by atoms with Crippen molar-refractivity contribution in [2.75, 3.05) is 33.5 Å². The molecule has 0 amide bonds. The first-order valence-electron chi connectivity index (χ1n) is 7.27. The molecule has 0 bridgehead atoms. The molecule has 0 atom stereocenters. The number of carbonyl (C=O) groups is 1. The summed E-state index contributed by atoms with van der Waals surface area (Å²) in [5.41, 5.74) is 0.501. The molecule has 1 rings (SSSR count). The lowest BCUT2D eigenvalue weighted by Crippen LogP contribution is -2.09. The monoisotopic (exact) mass is 296 g/mol. The zero-order valence-corrected chi connectivity index (χ0v) is 12.5. The van der Waals surface area contributed by atoms with Crippen molar-refractivity contribution < 1.29 is 24.1 Å². The predicted molar refractivity (Wildman–Crippen MR) is 79.6 cm³/mol. The van der Waals surface area contributed by atoms with Crippen molar-refractivity contribution in [3.05, 3.63) is 29.8 Å². The number of methoxy groups -OCH3 is 1. The van der Waals surface area contributed by atoms with Gasteiger partial charge in [0.1, 0.15) is 12.4 Å². The topological polar surface area (TPSA) is 65.0 Å². The van der Waals surface area contributed by atoms with Crippen LogP contribution >= 0.6 is 0 Å². The molecule has 0 aliphatic carbocycles. The zero-order valence-electron chi connectivity index (χ0n) is 12.5. The molecule has 0 aliphatic heterocycles. The van der Waals surface area contributed by atoms with Crippen LogP contribution in [0.1, 0.15) is 36.0 Å². The smallest absolute Gasteiger partial charge is 0.338 e. The van der Waals surface area contributed by atoms with Gasteiger partial charge in [-0.3, -0.25) is 0 Å². The van der Waals surface area contributed by atoms with Gasteiger partial charge in [-0.15, -0.1) is 0 Å². The highest BCUT2D eigenvalue weighted by Crippen LogP contribution is 2.13. The van der Waals surface area contributed by atoms with Crippen molar-refractivity contribution in [1.29, 1.82) is 0 Å². The molecule has 5 heteroatoms. The SMILES string of the molecule is COCCOC(=O)c1ccc(OCCCCCCO)cc1. The first-order valence-corrected chi connectivity index (χ1v) is 7.27. The second kappa shape index (κ2) is 11.1. The minimum Gasteiger partial charge on any atom is -0.494 e. The van der Waals surface area contributed by atoms with Gasteiger partial charge in [-0.05, 0) is 43.5 Å². The summed E-state index contributed by atoms with van der Waals surface area (Å²) < 4.78 is 15.4. The highest BCUT2D eigenvalue weighted by atomic mass is 16.6. The van der Waals surface area contributed by atoms with Crippen LogP contribution in [0.15, 0.2) is 24.3 Å². The van der Waals surface area contributed by atoms with Gasteiger partial charge in [0, 0.05) is 13.7 Å². The van der Waals surface area contributed by atoms with Gasteiger partial charge < -0.3 is 19.3 Å². The molecular weight excluding hydrogens is 272 g/mol. The molecule has 0 unspecified atom stereocenters. The van der Waals surface area contributed by atoms with Crippen molar-refractivity contribution in [1.82, 2.24) is 0 Å². The van der Waals surface area contributed by atoms with Gasteiger partial charge in [0.05, 0.1) is 18.8 Å². The van der Waals surface area contributed by atoms with Crippen LogP contribution in [0.5, 0.6) is 5.75 Å². The maximum Gasteiger partial charge on any atom is 0.338 e. The van der Waals surface area contributed by atoms with Crippen LogP contribution in [-0.2, 0) is 9.47 Å². The number of unbranched alkanes of at least 4 members (excludes halogenated alkanes) is 3. The minimum absolute atomic E-state index is 0.251. The summed E-state index contributed by atoms with van der Waals surface area (Å²) >= 11 is 0. The number of hydrogen-bond donors (Lipinski definition) is 1. The average Bonchev–Trinajstić information content (AvgIpc) is 2.51. The molecule has 5 nitrogen and oxygen atoms in total. The number of esters is 1. The van der Waals surface area contributed by atoms with Crippen molar-refractivity contribution >= 4 is 5.97 Å². The summed E-state index contributed by atoms with van der Waals surface area (Å²) in [6, 6.07) is 6.91. The Labute approximate surface area is 125 Å². The lowest BCUT2D eigenvalue weighted by molar-refractivity contribution is 0.0388. The predicted octanol–water partition coefficient (Wildman–Crippen LogP) is 2.42. The van der Waals surface area contributed by atoms with Crippen LogP contribution in [0.25, 0.3) is 0 Å². The molecule has 1 aromatic carbocycles. The number of carbonyl (C=O) groups excluding carboxylic acids is 1. The molecule has 0 saturated heterocycles. The van der Waals surface area contributed by atoms with E-state index in [4.69, 9.17) is 19.3 Å². The van der Waals surface area contributed by atoms with Crippen LogP contribution < -0.4 is 4.74 Å². The van der Waals surface area contributed by atoms with Gasteiger partial charge in [0.25, 0.3) is 0 Å². The van der Waals surface area contributed by atoms with E-state index in [9.17, 15) is 4.79 Å². The minimum atomic E-state index is -0.359. The van der Waals surface area contributed by atoms with Crippen LogP contribution in [0.2, 0.25) is 0 Å². The lowest BCUT2D eigenvalue weighted by atomic mass is 10.2. The zero-order chi connectivity index (χ0) is 15.3. The summed E-state index contributed by atoms with van der Waals surface area (Å²) in [5.74, 6) is 0.383. The van der Waals surface area contributed by atoms with E-state index < -0.39 is 0 Å². The number of hydrogen-bond acceptors (Lipinski definition) is 5. The standard InChI is InChI=1S/C16H24O5/c1-19-12-13-21-16(18)14-6-8-15(9-7-14)20-11-5-3-2-4-10-17/h6-9,17H,2-5,10-13H2,1H3. The Morgan fingerprint density at radius 3 is 2.38 bits per heavy atom. The van der Waals surface area contributed by atoms with Gasteiger partial charge >= 0.3 is 5.97 Å². The Balaban J connectivity index is 2.25. The first-order chi connectivity index (χ1) is 10.3. The highest BCUT2D eigenvalue weighted by molar-refractivity contribution is 5.89. The second-order valence-electron chi connectivity index (χ2n) is 4.64. The van der Waals surface area contributed by atoms with E-state index in [1.165, 1.54) is 0 Å². The molecule has 0 radical (unpaired) electrons. The molecule has 1 N–H and O–H groups in total. The van der Waals surface area contributed by atoms with E-state index in [0.717, 1.165) is 31.4 Å². The fourth-order valence-electron chi connectivity index (χ4n) is 1.75. The molecular formula is C16H24O5. The van der Waals surface area contributed by atoms with Crippen LogP contribution in [0.4, 0.5) is 0 Å². The third kappa shape index (κ3) is 7.68. The molecule has 118 valence electrons. The summed E-state index contributed by atoms with van der Waals surface area (Å²) in [5, 5.41) is 8.66. The summed E-state index contributed by atoms with van der Waals surface area (Å²) in [4.78, 5) is 11.7. The number of ether oxygens (including phenoxy) is 3. The molecule has 0 saturated carbocycles. The third-order valence-electron chi connectivity index (χ3n) is 2.93. The second-order valence-corrected chi connectivity index (χ2v) is 4.64. The van der Waals surface area contributed by atoms with Gasteiger partial charge in [0.15, 0.2) is 0 Å². The highest BCUT2D eigenvalue weighted by Gasteiger charge is 2.06. The van der Waals surface area contributed by atoms with Gasteiger partial charge in [0.2, 0.25) is 0 Å². The van der Waals surface area contributed by atoms with E-state index in [1.807, 2.05) is 0 Å². The molecule has 0 aliphatic rings. The Bertz CT molecular complexity index is 388. The normalized spacial score (nSPS) is 10.4. The maximum absolute atomic E-state index is 11.7. The molecule has 0 spiro atoms. The Morgan fingerprint density at radius 1 is 1.00 bits per heavy atom. The third-order valence-corrected chi connectivity index (χ3v) is 2.93. The van der Waals surface area contributed by atoms with Crippen LogP contribution in [0, 0.1) is 0 Å². The van der Waals surface area contributed by atoms with E-state index in [0.29, 0.717) is 18.8 Å². The van der Waals surface area contributed by atoms with Gasteiger partial charge in [-0.2, -0.15) is 0 Å². The van der Waals surface area contributed by atoms with E-state index in [1.54, 1.807) is 31.4 Å². The van der Waals surface area contributed by atoms with Crippen molar-refractivity contribution in [2.24, 2.45) is 0 Å². The van der Waals surface area contributed by atoms with E-state index >= 15 is 0 Å². The first kappa shape index (κ1) is 17.5. The summed E-state index contributed by atoms with van der Waals surface area (Å²) in [7, 11) is 1.56. The Hall–Kier alpha value is -1.59. The molecule has 0 fully saturated rings. The largest absolute Gasteiger partial charge is 0.494 e. The molecule has 0 heterocycles. The van der Waals surface area contributed by atoms with Crippen molar-refractivity contribution in [3.8, 4) is 5.75 Å². The quantitative estimate of drug-likeness (QED) is 0.502. The van der Waals surface area contributed by atoms with E-state index in [2.05, 4.69) is 0 Å². The van der Waals surface area contributed by atoms with E-state index in [-0.39, 0.29) is 19.2 Å². The number of aliphatic hydroxyl groups excluding tert-OH is 1. The number of benzene rings is 1. The molecule has 0 aromatic heterocycles. The van der Waals surface area contributed by atoms with Crippen molar-refractivity contribution in [2.45, 2.75) is 25.7 Å². The number of aliphatic hydroxyl groups is 1. The fourth-order valence-corrected chi connectivity index (χ4v) is 1.75. The lowest BCUT2D eigenvalue weighted by Gasteiger charge is -2.07. The fraction of sp³-hybridized carbons (Fsp3) is 0.562. The van der Waals surface area contributed by atoms with Gasteiger partial charge in [-0.25, -0.2) is 4.79 Å². The maximum atomic E-state index is 11.7. The molecule has 21 heavy (non-hydrogen) atoms. The summed E-state index contributed by atoms with van der Waals surface area (Å²) in [6.07, 6.45) is 3.87. The number of rotatable bonds is 11. The van der Waals surface area contributed by atoms with Gasteiger partial charge in [-0.1, -0.05) is 6.42 Å². The van der Waals surface area contributed by atoms with Crippen LogP contribution in [0.3, 0.4) is 0 Å². The average molecular weight is 296 g/mol. The Morgan fingerprint density at radius 2 is 1.71 bits per heavy atom. The van der Waals surface area contributed by atoms with Crippen molar-refractivity contribution in [3.63, 3.8) is 0 Å².